The van der Waals surface area contributed by atoms with Crippen molar-refractivity contribution >= 4 is 0 Å². The zero-order valence-electron chi connectivity index (χ0n) is 13.1. The average Bonchev–Trinajstić information content (AvgIpc) is 3.01. The topological polar surface area (TPSA) is 39.1 Å². The Kier molecular flexibility index (Phi) is 5.96. The highest BCUT2D eigenvalue weighted by molar-refractivity contribution is 5.33. The van der Waals surface area contributed by atoms with Crippen molar-refractivity contribution in [3.8, 4) is 5.69 Å². The number of nitrogens with zero attached hydrogens (tertiary/aromatic N) is 2. The molecule has 1 heterocycles. The molecule has 0 aliphatic heterocycles. The van der Waals surface area contributed by atoms with E-state index in [4.69, 9.17) is 4.74 Å². The zero-order valence-corrected chi connectivity index (χ0v) is 13.1. The van der Waals surface area contributed by atoms with Gasteiger partial charge in [-0.15, -0.1) is 0 Å². The number of para-hydroxylation sites is 1. The van der Waals surface area contributed by atoms with E-state index in [1.54, 1.807) is 7.11 Å². The molecule has 4 nitrogen and oxygen atoms in total. The quantitative estimate of drug-likeness (QED) is 0.809. The monoisotopic (exact) mass is 287 g/mol. The van der Waals surface area contributed by atoms with Crippen molar-refractivity contribution in [1.29, 1.82) is 0 Å². The predicted molar refractivity (Wildman–Crippen MR) is 85.7 cm³/mol. The molecule has 114 valence electrons. The van der Waals surface area contributed by atoms with Crippen LogP contribution >= 0.6 is 0 Å². The Labute approximate surface area is 127 Å². The maximum absolute atomic E-state index is 5.43. The summed E-state index contributed by atoms with van der Waals surface area (Å²) in [6, 6.07) is 12.6. The third-order valence-electron chi connectivity index (χ3n) is 3.64. The van der Waals surface area contributed by atoms with Gasteiger partial charge in [-0.25, -0.2) is 4.68 Å². The second-order valence-corrected chi connectivity index (χ2v) is 5.29. The van der Waals surface area contributed by atoms with Crippen LogP contribution < -0.4 is 5.32 Å². The van der Waals surface area contributed by atoms with E-state index in [1.807, 2.05) is 29.1 Å². The number of hydrogen-bond acceptors (Lipinski definition) is 3. The fraction of sp³-hybridized carbons (Fsp3) is 0.471. The van der Waals surface area contributed by atoms with Gasteiger partial charge in [0.15, 0.2) is 0 Å². The summed E-state index contributed by atoms with van der Waals surface area (Å²) < 4.78 is 7.44. The minimum atomic E-state index is 0.207. The molecule has 0 radical (unpaired) electrons. The molecule has 21 heavy (non-hydrogen) atoms. The van der Waals surface area contributed by atoms with E-state index < -0.39 is 0 Å². The third kappa shape index (κ3) is 4.16. The van der Waals surface area contributed by atoms with Crippen LogP contribution in [0.4, 0.5) is 0 Å². The molecule has 0 spiro atoms. The maximum Gasteiger partial charge on any atom is 0.0649 e. The number of benzene rings is 1. The molecule has 0 bridgehead atoms. The van der Waals surface area contributed by atoms with Crippen molar-refractivity contribution in [3.05, 3.63) is 48.3 Å². The van der Waals surface area contributed by atoms with Crippen LogP contribution in [0.3, 0.4) is 0 Å². The summed E-state index contributed by atoms with van der Waals surface area (Å²) >= 11 is 0. The van der Waals surface area contributed by atoms with Crippen molar-refractivity contribution in [2.75, 3.05) is 13.7 Å². The number of nitrogens with one attached hydrogen (secondary N) is 1. The van der Waals surface area contributed by atoms with Crippen molar-refractivity contribution in [2.45, 2.75) is 38.8 Å². The lowest BCUT2D eigenvalue weighted by Gasteiger charge is -2.22. The van der Waals surface area contributed by atoms with Gasteiger partial charge in [0, 0.05) is 13.3 Å². The minimum Gasteiger partial charge on any atom is -0.382 e. The second kappa shape index (κ2) is 7.96. The van der Waals surface area contributed by atoms with Gasteiger partial charge in [-0.2, -0.15) is 5.10 Å². The number of ether oxygens (including phenoxy) is 1. The van der Waals surface area contributed by atoms with Crippen molar-refractivity contribution in [1.82, 2.24) is 15.1 Å². The summed E-state index contributed by atoms with van der Waals surface area (Å²) in [5.74, 6) is 0. The van der Waals surface area contributed by atoms with Crippen molar-refractivity contribution in [2.24, 2.45) is 0 Å². The summed E-state index contributed by atoms with van der Waals surface area (Å²) in [7, 11) is 1.76. The molecule has 0 aliphatic rings. The number of methoxy groups -OCH3 is 1. The molecule has 2 unspecified atom stereocenters. The van der Waals surface area contributed by atoms with E-state index in [0.29, 0.717) is 0 Å². The SMILES string of the molecule is CCCNC(CC(C)OC)c1ccnn1-c1ccccc1. The van der Waals surface area contributed by atoms with Gasteiger partial charge in [-0.05, 0) is 44.5 Å². The molecule has 0 fully saturated rings. The molecule has 0 saturated heterocycles. The first-order valence-corrected chi connectivity index (χ1v) is 7.61. The van der Waals surface area contributed by atoms with E-state index in [1.165, 1.54) is 5.69 Å². The van der Waals surface area contributed by atoms with Gasteiger partial charge in [0.25, 0.3) is 0 Å². The highest BCUT2D eigenvalue weighted by Gasteiger charge is 2.19. The summed E-state index contributed by atoms with van der Waals surface area (Å²) in [5.41, 5.74) is 2.27. The van der Waals surface area contributed by atoms with Gasteiger partial charge in [0.1, 0.15) is 0 Å². The van der Waals surface area contributed by atoms with Crippen LogP contribution in [0.25, 0.3) is 5.69 Å². The van der Waals surface area contributed by atoms with E-state index >= 15 is 0 Å². The number of hydrogen-bond donors (Lipinski definition) is 1. The lowest BCUT2D eigenvalue weighted by Crippen LogP contribution is -2.28. The standard InChI is InChI=1S/C17H25N3O/c1-4-11-18-16(13-14(2)21-3)17-10-12-19-20(17)15-8-6-5-7-9-15/h5-10,12,14,16,18H,4,11,13H2,1-3H3. The highest BCUT2D eigenvalue weighted by atomic mass is 16.5. The Morgan fingerprint density at radius 3 is 2.67 bits per heavy atom. The minimum absolute atomic E-state index is 0.207. The lowest BCUT2D eigenvalue weighted by molar-refractivity contribution is 0.0996. The lowest BCUT2D eigenvalue weighted by atomic mass is 10.1. The largest absolute Gasteiger partial charge is 0.382 e. The Morgan fingerprint density at radius 1 is 1.24 bits per heavy atom. The van der Waals surface area contributed by atoms with Gasteiger partial charge in [0.05, 0.1) is 23.5 Å². The second-order valence-electron chi connectivity index (χ2n) is 5.29. The van der Waals surface area contributed by atoms with Crippen LogP contribution in [-0.2, 0) is 4.74 Å². The van der Waals surface area contributed by atoms with Gasteiger partial charge in [0.2, 0.25) is 0 Å². The summed E-state index contributed by atoms with van der Waals surface area (Å²) in [4.78, 5) is 0. The molecular formula is C17H25N3O. The first kappa shape index (κ1) is 15.7. The van der Waals surface area contributed by atoms with Crippen LogP contribution in [0.2, 0.25) is 0 Å². The normalized spacial score (nSPS) is 14.0. The van der Waals surface area contributed by atoms with Crippen LogP contribution in [0.1, 0.15) is 38.4 Å². The first-order valence-electron chi connectivity index (χ1n) is 7.61. The molecule has 0 saturated carbocycles. The van der Waals surface area contributed by atoms with Gasteiger partial charge < -0.3 is 10.1 Å². The Hall–Kier alpha value is -1.65. The fourth-order valence-electron chi connectivity index (χ4n) is 2.42. The Balaban J connectivity index is 2.25. The van der Waals surface area contributed by atoms with Crippen LogP contribution in [0.15, 0.2) is 42.6 Å². The average molecular weight is 287 g/mol. The number of aromatic nitrogens is 2. The van der Waals surface area contributed by atoms with Crippen LogP contribution in [0, 0.1) is 0 Å². The fourth-order valence-corrected chi connectivity index (χ4v) is 2.42. The smallest absolute Gasteiger partial charge is 0.0649 e. The molecular weight excluding hydrogens is 262 g/mol. The molecule has 1 aromatic carbocycles. The van der Waals surface area contributed by atoms with Gasteiger partial charge >= 0.3 is 0 Å². The molecule has 1 aromatic heterocycles. The zero-order chi connectivity index (χ0) is 15.1. The van der Waals surface area contributed by atoms with Gasteiger partial charge in [-0.1, -0.05) is 25.1 Å². The van der Waals surface area contributed by atoms with E-state index in [2.05, 4.69) is 42.5 Å². The summed E-state index contributed by atoms with van der Waals surface area (Å²) in [6.07, 6.45) is 4.10. The Bertz CT molecular complexity index is 524. The van der Waals surface area contributed by atoms with Crippen molar-refractivity contribution in [3.63, 3.8) is 0 Å². The molecule has 2 aromatic rings. The maximum atomic E-state index is 5.43. The summed E-state index contributed by atoms with van der Waals surface area (Å²) in [5, 5.41) is 8.09. The number of rotatable bonds is 8. The molecule has 2 rings (SSSR count). The predicted octanol–water partition coefficient (Wildman–Crippen LogP) is 3.34. The van der Waals surface area contributed by atoms with E-state index in [-0.39, 0.29) is 12.1 Å². The molecule has 2 atom stereocenters. The summed E-state index contributed by atoms with van der Waals surface area (Å²) in [6.45, 7) is 5.27. The van der Waals surface area contributed by atoms with E-state index in [0.717, 1.165) is 25.1 Å². The van der Waals surface area contributed by atoms with Gasteiger partial charge in [-0.3, -0.25) is 0 Å². The Morgan fingerprint density at radius 2 is 2.00 bits per heavy atom. The molecule has 4 heteroatoms. The first-order chi connectivity index (χ1) is 10.3. The molecule has 1 N–H and O–H groups in total. The highest BCUT2D eigenvalue weighted by Crippen LogP contribution is 2.22. The van der Waals surface area contributed by atoms with Crippen LogP contribution in [-0.4, -0.2) is 29.5 Å². The van der Waals surface area contributed by atoms with E-state index in [9.17, 15) is 0 Å². The molecule has 0 amide bonds. The third-order valence-corrected chi connectivity index (χ3v) is 3.64. The van der Waals surface area contributed by atoms with Crippen molar-refractivity contribution < 1.29 is 4.74 Å². The molecule has 0 aliphatic carbocycles. The van der Waals surface area contributed by atoms with Crippen LogP contribution in [0.5, 0.6) is 0 Å².